The van der Waals surface area contributed by atoms with Gasteiger partial charge in [-0.2, -0.15) is 0 Å². The van der Waals surface area contributed by atoms with Gasteiger partial charge in [0.05, 0.1) is 0 Å². The van der Waals surface area contributed by atoms with Crippen LogP contribution in [-0.2, 0) is 6.42 Å². The van der Waals surface area contributed by atoms with Gasteiger partial charge in [-0.3, -0.25) is 4.90 Å². The predicted octanol–water partition coefficient (Wildman–Crippen LogP) is 1.91. The van der Waals surface area contributed by atoms with Crippen LogP contribution in [0.2, 0.25) is 0 Å². The molecular formula is C11H14N2O. The van der Waals surface area contributed by atoms with Crippen molar-refractivity contribution in [2.45, 2.75) is 25.8 Å². The van der Waals surface area contributed by atoms with E-state index >= 15 is 0 Å². The number of nitrogens with zero attached hydrogens (tertiary/aromatic N) is 1. The molecule has 14 heavy (non-hydrogen) atoms. The summed E-state index contributed by atoms with van der Waals surface area (Å²) >= 11 is 0. The molecule has 1 aromatic rings. The number of carbonyl (C=O) groups excluding carboxylic acids is 1. The second-order valence-corrected chi connectivity index (χ2v) is 4.29. The summed E-state index contributed by atoms with van der Waals surface area (Å²) in [6.45, 7) is 4.05. The van der Waals surface area contributed by atoms with Crippen LogP contribution in [0.4, 0.5) is 10.5 Å². The molecule has 1 aliphatic rings. The van der Waals surface area contributed by atoms with Crippen molar-refractivity contribution in [3.8, 4) is 0 Å². The Kier molecular flexibility index (Phi) is 1.77. The van der Waals surface area contributed by atoms with E-state index in [9.17, 15) is 4.79 Å². The quantitative estimate of drug-likeness (QED) is 0.667. The van der Waals surface area contributed by atoms with E-state index in [0.29, 0.717) is 0 Å². The van der Waals surface area contributed by atoms with E-state index < -0.39 is 0 Å². The van der Waals surface area contributed by atoms with Crippen molar-refractivity contribution in [3.05, 3.63) is 29.8 Å². The van der Waals surface area contributed by atoms with E-state index in [1.54, 1.807) is 4.90 Å². The number of primary amides is 1. The van der Waals surface area contributed by atoms with E-state index in [4.69, 9.17) is 5.73 Å². The Hall–Kier alpha value is -1.51. The maximum atomic E-state index is 11.3. The summed E-state index contributed by atoms with van der Waals surface area (Å²) in [7, 11) is 0. The summed E-state index contributed by atoms with van der Waals surface area (Å²) in [4.78, 5) is 13.0. The Bertz CT molecular complexity index is 385. The summed E-state index contributed by atoms with van der Waals surface area (Å²) in [6.07, 6.45) is 0.867. The second-order valence-electron chi connectivity index (χ2n) is 4.29. The van der Waals surface area contributed by atoms with Crippen LogP contribution >= 0.6 is 0 Å². The van der Waals surface area contributed by atoms with Gasteiger partial charge in [0.2, 0.25) is 0 Å². The molecule has 2 amide bonds. The molecule has 1 aliphatic heterocycles. The van der Waals surface area contributed by atoms with Gasteiger partial charge in [-0.25, -0.2) is 4.79 Å². The first-order chi connectivity index (χ1) is 6.52. The van der Waals surface area contributed by atoms with Crippen LogP contribution in [0.3, 0.4) is 0 Å². The van der Waals surface area contributed by atoms with Crippen LogP contribution in [0, 0.1) is 0 Å². The number of carbonyl (C=O) groups is 1. The fourth-order valence-electron chi connectivity index (χ4n) is 2.17. The molecule has 2 N–H and O–H groups in total. The van der Waals surface area contributed by atoms with E-state index in [2.05, 4.69) is 0 Å². The lowest BCUT2D eigenvalue weighted by atomic mass is 10.00. The van der Waals surface area contributed by atoms with Gasteiger partial charge in [0.25, 0.3) is 0 Å². The molecule has 0 spiro atoms. The molecule has 0 unspecified atom stereocenters. The fraction of sp³-hybridized carbons (Fsp3) is 0.364. The first-order valence-electron chi connectivity index (χ1n) is 4.70. The summed E-state index contributed by atoms with van der Waals surface area (Å²) in [5.41, 5.74) is 7.32. The zero-order valence-corrected chi connectivity index (χ0v) is 8.45. The molecule has 2 rings (SSSR count). The highest BCUT2D eigenvalue weighted by Crippen LogP contribution is 2.37. The van der Waals surface area contributed by atoms with E-state index in [0.717, 1.165) is 12.1 Å². The monoisotopic (exact) mass is 190 g/mol. The van der Waals surface area contributed by atoms with E-state index in [1.807, 2.05) is 38.1 Å². The number of nitrogens with two attached hydrogens (primary N) is 1. The standard InChI is InChI=1S/C11H14N2O/c1-11(2)7-8-5-3-4-6-9(8)13(11)10(12)14/h3-6H,7H2,1-2H3,(H2,12,14). The Balaban J connectivity index is 2.53. The smallest absolute Gasteiger partial charge is 0.319 e. The van der Waals surface area contributed by atoms with Crippen molar-refractivity contribution < 1.29 is 4.79 Å². The minimum Gasteiger partial charge on any atom is -0.351 e. The van der Waals surface area contributed by atoms with Gasteiger partial charge in [0.1, 0.15) is 0 Å². The molecule has 3 heteroatoms. The SMILES string of the molecule is CC1(C)Cc2ccccc2N1C(N)=O. The molecule has 0 aromatic heterocycles. The Morgan fingerprint density at radius 3 is 2.71 bits per heavy atom. The number of amides is 2. The van der Waals surface area contributed by atoms with Crippen molar-refractivity contribution in [2.75, 3.05) is 4.90 Å². The van der Waals surface area contributed by atoms with Crippen molar-refractivity contribution in [1.29, 1.82) is 0 Å². The van der Waals surface area contributed by atoms with Gasteiger partial charge in [0.15, 0.2) is 0 Å². The van der Waals surface area contributed by atoms with E-state index in [1.165, 1.54) is 5.56 Å². The third-order valence-corrected chi connectivity index (χ3v) is 2.68. The first kappa shape index (κ1) is 9.06. The van der Waals surface area contributed by atoms with E-state index in [-0.39, 0.29) is 11.6 Å². The zero-order valence-electron chi connectivity index (χ0n) is 8.45. The van der Waals surface area contributed by atoms with Crippen LogP contribution in [0.1, 0.15) is 19.4 Å². The number of hydrogen-bond acceptors (Lipinski definition) is 1. The van der Waals surface area contributed by atoms with Crippen LogP contribution in [0.25, 0.3) is 0 Å². The molecule has 0 radical (unpaired) electrons. The molecular weight excluding hydrogens is 176 g/mol. The number of hydrogen-bond donors (Lipinski definition) is 1. The lowest BCUT2D eigenvalue weighted by Crippen LogP contribution is -2.48. The highest BCUT2D eigenvalue weighted by molar-refractivity contribution is 5.94. The summed E-state index contributed by atoms with van der Waals surface area (Å²) in [5, 5.41) is 0. The minimum atomic E-state index is -0.375. The average Bonchev–Trinajstić information content (AvgIpc) is 2.33. The highest BCUT2D eigenvalue weighted by atomic mass is 16.2. The molecule has 0 aliphatic carbocycles. The van der Waals surface area contributed by atoms with Gasteiger partial charge < -0.3 is 5.73 Å². The molecule has 3 nitrogen and oxygen atoms in total. The molecule has 0 saturated heterocycles. The number of fused-ring (bicyclic) bond motifs is 1. The number of rotatable bonds is 0. The fourth-order valence-corrected chi connectivity index (χ4v) is 2.17. The van der Waals surface area contributed by atoms with Gasteiger partial charge >= 0.3 is 6.03 Å². The second kappa shape index (κ2) is 2.74. The average molecular weight is 190 g/mol. The zero-order chi connectivity index (χ0) is 10.3. The van der Waals surface area contributed by atoms with Crippen LogP contribution in [-0.4, -0.2) is 11.6 Å². The number of anilines is 1. The number of benzene rings is 1. The molecule has 0 atom stereocenters. The summed E-state index contributed by atoms with van der Waals surface area (Å²) in [5.74, 6) is 0. The largest absolute Gasteiger partial charge is 0.351 e. The minimum absolute atomic E-state index is 0.199. The Morgan fingerprint density at radius 1 is 1.43 bits per heavy atom. The maximum Gasteiger partial charge on any atom is 0.319 e. The Morgan fingerprint density at radius 2 is 2.07 bits per heavy atom. The molecule has 0 saturated carbocycles. The van der Waals surface area contributed by atoms with Crippen molar-refractivity contribution >= 4 is 11.7 Å². The van der Waals surface area contributed by atoms with Crippen molar-refractivity contribution in [3.63, 3.8) is 0 Å². The summed E-state index contributed by atoms with van der Waals surface area (Å²) in [6, 6.07) is 7.52. The normalized spacial score (nSPS) is 18.0. The first-order valence-corrected chi connectivity index (χ1v) is 4.70. The third-order valence-electron chi connectivity index (χ3n) is 2.68. The topological polar surface area (TPSA) is 46.3 Å². The van der Waals surface area contributed by atoms with Gasteiger partial charge in [0, 0.05) is 11.2 Å². The maximum absolute atomic E-state index is 11.3. The predicted molar refractivity (Wildman–Crippen MR) is 56.3 cm³/mol. The lowest BCUT2D eigenvalue weighted by Gasteiger charge is -2.30. The van der Waals surface area contributed by atoms with Crippen molar-refractivity contribution in [1.82, 2.24) is 0 Å². The highest BCUT2D eigenvalue weighted by Gasteiger charge is 2.38. The molecule has 1 aromatic carbocycles. The van der Waals surface area contributed by atoms with Crippen LogP contribution in [0.5, 0.6) is 0 Å². The Labute approximate surface area is 83.5 Å². The molecule has 74 valence electrons. The van der Waals surface area contributed by atoms with Gasteiger partial charge in [-0.15, -0.1) is 0 Å². The molecule has 1 heterocycles. The third kappa shape index (κ3) is 1.16. The van der Waals surface area contributed by atoms with Crippen LogP contribution in [0.15, 0.2) is 24.3 Å². The number of para-hydroxylation sites is 1. The lowest BCUT2D eigenvalue weighted by molar-refractivity contribution is 0.249. The van der Waals surface area contributed by atoms with Crippen molar-refractivity contribution in [2.24, 2.45) is 5.73 Å². The van der Waals surface area contributed by atoms with Crippen LogP contribution < -0.4 is 10.6 Å². The van der Waals surface area contributed by atoms with Gasteiger partial charge in [-0.1, -0.05) is 18.2 Å². The van der Waals surface area contributed by atoms with Gasteiger partial charge in [-0.05, 0) is 31.9 Å². The molecule has 0 bridgehead atoms. The summed E-state index contributed by atoms with van der Waals surface area (Å²) < 4.78 is 0. The number of urea groups is 1. The molecule has 0 fully saturated rings.